The predicted molar refractivity (Wildman–Crippen MR) is 177 cm³/mol. The minimum Gasteiger partial charge on any atom is -0.493 e. The maximum Gasteiger partial charge on any atom is 0.162 e. The van der Waals surface area contributed by atoms with Gasteiger partial charge in [0.1, 0.15) is 30.3 Å². The summed E-state index contributed by atoms with van der Waals surface area (Å²) in [5.41, 5.74) is 2.16. The number of hydrogen-bond donors (Lipinski definition) is 4. The van der Waals surface area contributed by atoms with E-state index in [-0.39, 0.29) is 12.4 Å². The fraction of sp³-hybridized carbons (Fsp3) is 0.394. The van der Waals surface area contributed by atoms with Crippen LogP contribution in [0.5, 0.6) is 17.2 Å². The van der Waals surface area contributed by atoms with Crippen LogP contribution in [0.4, 0.5) is 15.9 Å². The summed E-state index contributed by atoms with van der Waals surface area (Å²) in [6, 6.07) is 15.4. The van der Waals surface area contributed by atoms with Crippen molar-refractivity contribution in [3.8, 4) is 17.2 Å². The lowest BCUT2D eigenvalue weighted by atomic mass is 10.2. The molecule has 0 unspecified atom stereocenters. The van der Waals surface area contributed by atoms with Gasteiger partial charge >= 0.3 is 0 Å². The molecule has 2 heterocycles. The predicted octanol–water partition coefficient (Wildman–Crippen LogP) is 4.61. The van der Waals surface area contributed by atoms with Crippen molar-refractivity contribution in [2.75, 3.05) is 77.9 Å². The molecule has 1 fully saturated rings. The first-order chi connectivity index (χ1) is 22.1. The van der Waals surface area contributed by atoms with Crippen molar-refractivity contribution in [1.82, 2.24) is 30.8 Å². The molecule has 5 rings (SSSR count). The molecule has 0 spiro atoms. The Bertz CT molecular complexity index is 1520. The fourth-order valence-electron chi connectivity index (χ4n) is 5.06. The van der Waals surface area contributed by atoms with Crippen molar-refractivity contribution in [2.24, 2.45) is 0 Å². The summed E-state index contributed by atoms with van der Waals surface area (Å²) in [4.78, 5) is 11.4. The molecule has 4 N–H and O–H groups in total. The Hall–Kier alpha value is -3.74. The topological polar surface area (TPSA) is 105 Å². The van der Waals surface area contributed by atoms with E-state index in [4.69, 9.17) is 25.8 Å². The van der Waals surface area contributed by atoms with E-state index in [1.165, 1.54) is 18.5 Å². The second-order valence-electron chi connectivity index (χ2n) is 10.7. The van der Waals surface area contributed by atoms with E-state index >= 15 is 0 Å². The Balaban J connectivity index is 1.21. The van der Waals surface area contributed by atoms with Crippen molar-refractivity contribution in [1.29, 1.82) is 0 Å². The number of fused-ring (bicyclic) bond motifs is 1. The number of aromatic nitrogens is 2. The number of ether oxygens (including phenoxy) is 3. The van der Waals surface area contributed by atoms with Crippen molar-refractivity contribution >= 4 is 34.0 Å². The molecule has 10 nitrogen and oxygen atoms in total. The van der Waals surface area contributed by atoms with Crippen LogP contribution in [0.3, 0.4) is 0 Å². The summed E-state index contributed by atoms with van der Waals surface area (Å²) < 4.78 is 31.2. The molecular formula is C33H41ClFN7O3. The average molecular weight is 638 g/mol. The number of anilines is 2. The van der Waals surface area contributed by atoms with E-state index in [1.54, 1.807) is 31.4 Å². The van der Waals surface area contributed by atoms with Gasteiger partial charge in [0.15, 0.2) is 11.5 Å². The summed E-state index contributed by atoms with van der Waals surface area (Å²) in [5, 5.41) is 15.0. The van der Waals surface area contributed by atoms with Gasteiger partial charge in [-0.1, -0.05) is 23.7 Å². The number of nitrogens with zero attached hydrogens (tertiary/aromatic N) is 3. The van der Waals surface area contributed by atoms with Crippen LogP contribution in [0.2, 0.25) is 5.02 Å². The SMILES string of the molecule is COc1cc2ncnc(Nc3ccc(OCc4cccc(F)c4)c(Cl)c3)c2cc1OCCCN1CCNCCNCCNCC1. The molecule has 0 amide bonds. The Morgan fingerprint density at radius 2 is 1.64 bits per heavy atom. The van der Waals surface area contributed by atoms with E-state index < -0.39 is 0 Å². The maximum absolute atomic E-state index is 13.5. The highest BCUT2D eigenvalue weighted by atomic mass is 35.5. The molecule has 0 bridgehead atoms. The molecule has 1 saturated heterocycles. The van der Waals surface area contributed by atoms with Crippen LogP contribution >= 0.6 is 11.6 Å². The molecule has 4 aromatic rings. The zero-order valence-electron chi connectivity index (χ0n) is 25.6. The second kappa shape index (κ2) is 17.1. The third-order valence-corrected chi connectivity index (χ3v) is 7.74. The number of rotatable bonds is 11. The maximum atomic E-state index is 13.5. The largest absolute Gasteiger partial charge is 0.493 e. The smallest absolute Gasteiger partial charge is 0.162 e. The minimum absolute atomic E-state index is 0.204. The number of methoxy groups -OCH3 is 1. The molecule has 45 heavy (non-hydrogen) atoms. The van der Waals surface area contributed by atoms with Gasteiger partial charge in [-0.2, -0.15) is 0 Å². The molecule has 1 aliphatic heterocycles. The highest BCUT2D eigenvalue weighted by Crippen LogP contribution is 2.36. The second-order valence-corrected chi connectivity index (χ2v) is 11.1. The van der Waals surface area contributed by atoms with Crippen LogP contribution in [0, 0.1) is 5.82 Å². The van der Waals surface area contributed by atoms with E-state index in [0.29, 0.717) is 40.2 Å². The lowest BCUT2D eigenvalue weighted by Crippen LogP contribution is -2.42. The van der Waals surface area contributed by atoms with Gasteiger partial charge in [-0.25, -0.2) is 14.4 Å². The summed E-state index contributed by atoms with van der Waals surface area (Å²) in [6.07, 6.45) is 2.38. The number of hydrogen-bond acceptors (Lipinski definition) is 10. The molecule has 12 heteroatoms. The number of benzene rings is 3. The van der Waals surface area contributed by atoms with Gasteiger partial charge in [-0.15, -0.1) is 0 Å². The summed E-state index contributed by atoms with van der Waals surface area (Å²) in [7, 11) is 1.63. The van der Waals surface area contributed by atoms with Crippen molar-refractivity contribution in [3.63, 3.8) is 0 Å². The first kappa shape index (κ1) is 32.6. The minimum atomic E-state index is -0.307. The highest BCUT2D eigenvalue weighted by molar-refractivity contribution is 6.32. The Morgan fingerprint density at radius 1 is 0.867 bits per heavy atom. The van der Waals surface area contributed by atoms with Gasteiger partial charge < -0.3 is 40.4 Å². The van der Waals surface area contributed by atoms with E-state index in [2.05, 4.69) is 36.1 Å². The van der Waals surface area contributed by atoms with Crippen LogP contribution in [0.1, 0.15) is 12.0 Å². The normalized spacial score (nSPS) is 15.2. The summed E-state index contributed by atoms with van der Waals surface area (Å²) in [5.74, 6) is 2.04. The first-order valence-corrected chi connectivity index (χ1v) is 15.7. The molecule has 0 radical (unpaired) electrons. The molecule has 0 saturated carbocycles. The molecule has 1 aliphatic rings. The lowest BCUT2D eigenvalue weighted by Gasteiger charge is -2.23. The van der Waals surface area contributed by atoms with E-state index in [9.17, 15) is 4.39 Å². The molecule has 3 aromatic carbocycles. The van der Waals surface area contributed by atoms with Crippen molar-refractivity contribution in [2.45, 2.75) is 13.0 Å². The molecule has 1 aromatic heterocycles. The zero-order valence-corrected chi connectivity index (χ0v) is 26.3. The van der Waals surface area contributed by atoms with Gasteiger partial charge in [0.25, 0.3) is 0 Å². The monoisotopic (exact) mass is 637 g/mol. The van der Waals surface area contributed by atoms with Crippen LogP contribution in [0.25, 0.3) is 10.9 Å². The summed E-state index contributed by atoms with van der Waals surface area (Å²) in [6.45, 7) is 9.54. The Morgan fingerprint density at radius 3 is 2.38 bits per heavy atom. The van der Waals surface area contributed by atoms with Crippen LogP contribution in [-0.4, -0.2) is 87.5 Å². The van der Waals surface area contributed by atoms with Gasteiger partial charge in [0.05, 0.1) is 24.3 Å². The first-order valence-electron chi connectivity index (χ1n) is 15.3. The zero-order chi connectivity index (χ0) is 31.3. The summed E-state index contributed by atoms with van der Waals surface area (Å²) >= 11 is 6.53. The molecule has 240 valence electrons. The fourth-order valence-corrected chi connectivity index (χ4v) is 5.30. The lowest BCUT2D eigenvalue weighted by molar-refractivity contribution is 0.229. The highest BCUT2D eigenvalue weighted by Gasteiger charge is 2.14. The van der Waals surface area contributed by atoms with Gasteiger partial charge in [-0.3, -0.25) is 0 Å². The molecule has 0 aliphatic carbocycles. The van der Waals surface area contributed by atoms with E-state index in [0.717, 1.165) is 82.0 Å². The Kier molecular flexibility index (Phi) is 12.4. The number of nitrogens with one attached hydrogen (secondary N) is 4. The third-order valence-electron chi connectivity index (χ3n) is 7.44. The van der Waals surface area contributed by atoms with Crippen molar-refractivity contribution in [3.05, 3.63) is 77.3 Å². The van der Waals surface area contributed by atoms with Crippen LogP contribution in [0.15, 0.2) is 60.9 Å². The van der Waals surface area contributed by atoms with Crippen molar-refractivity contribution < 1.29 is 18.6 Å². The Labute approximate surface area is 268 Å². The van der Waals surface area contributed by atoms with Gasteiger partial charge in [-0.05, 0) is 48.4 Å². The average Bonchev–Trinajstić information content (AvgIpc) is 3.03. The van der Waals surface area contributed by atoms with Gasteiger partial charge in [0.2, 0.25) is 0 Å². The standard InChI is InChI=1S/C33H41ClFN7O3/c1-43-31-21-29-27(20-32(31)44-17-3-14-42-15-12-37-10-8-36-9-11-38-13-16-42)33(40-23-39-29)41-26-6-7-30(28(34)19-26)45-22-24-4-2-5-25(35)18-24/h2,4-7,18-21,23,36-38H,3,8-17,22H2,1H3,(H,39,40,41). The van der Waals surface area contributed by atoms with Gasteiger partial charge in [0, 0.05) is 76.0 Å². The third kappa shape index (κ3) is 9.87. The molecular weight excluding hydrogens is 597 g/mol. The molecule has 0 atom stereocenters. The van der Waals surface area contributed by atoms with Crippen LogP contribution < -0.4 is 35.5 Å². The van der Waals surface area contributed by atoms with Crippen LogP contribution in [-0.2, 0) is 6.61 Å². The number of halogens is 2. The quantitative estimate of drug-likeness (QED) is 0.174. The van der Waals surface area contributed by atoms with E-state index in [1.807, 2.05) is 18.2 Å².